The molecule has 0 saturated carbocycles. The lowest BCUT2D eigenvalue weighted by Crippen LogP contribution is -2.32. The number of fused-ring (bicyclic) bond motifs is 2. The van der Waals surface area contributed by atoms with Crippen LogP contribution in [-0.4, -0.2) is 41.0 Å². The van der Waals surface area contributed by atoms with Gasteiger partial charge in [0.25, 0.3) is 0 Å². The molecule has 1 aliphatic heterocycles. The number of benzene rings is 2. The lowest BCUT2D eigenvalue weighted by Gasteiger charge is -2.22. The highest BCUT2D eigenvalue weighted by atomic mass is 35.5. The number of para-hydroxylation sites is 2. The molecule has 0 atom stereocenters. The van der Waals surface area contributed by atoms with E-state index in [0.717, 1.165) is 29.8 Å². The fraction of sp³-hybridized carbons (Fsp3) is 0.250. The first-order chi connectivity index (χ1) is 16.0. The number of oxazole rings is 1. The minimum absolute atomic E-state index is 0.0413. The summed E-state index contributed by atoms with van der Waals surface area (Å²) in [6, 6.07) is 12.9. The summed E-state index contributed by atoms with van der Waals surface area (Å²) in [7, 11) is 1.98. The summed E-state index contributed by atoms with van der Waals surface area (Å²) >= 11 is 12.2. The number of carbonyl (C=O) groups excluding carboxylic acids is 1. The summed E-state index contributed by atoms with van der Waals surface area (Å²) in [4.78, 5) is 30.9. The quantitative estimate of drug-likeness (QED) is 0.388. The number of aryl methyl sites for hydroxylation is 1. The van der Waals surface area contributed by atoms with Gasteiger partial charge in [-0.3, -0.25) is 9.69 Å². The zero-order chi connectivity index (χ0) is 22.9. The molecule has 0 spiro atoms. The van der Waals surface area contributed by atoms with Crippen LogP contribution in [0.3, 0.4) is 0 Å². The van der Waals surface area contributed by atoms with Crippen LogP contribution in [0.25, 0.3) is 22.4 Å². The summed E-state index contributed by atoms with van der Waals surface area (Å²) in [5.74, 6) is 2.29. The zero-order valence-electron chi connectivity index (χ0n) is 18.0. The molecule has 1 aliphatic rings. The first-order valence-electron chi connectivity index (χ1n) is 10.7. The standard InChI is InChI=1S/C24H21Cl2N5O2/c1-30-11-4-12-31(24-23(30)28-18-5-2-3-6-19(18)29-24)22(32)10-9-21-27-14-20(33-21)16-8-7-15(25)13-17(16)26/h2-3,5-8,13-14H,4,9-12H2,1H3. The molecule has 9 heteroatoms. The molecule has 7 nitrogen and oxygen atoms in total. The summed E-state index contributed by atoms with van der Waals surface area (Å²) in [6.07, 6.45) is 3.05. The van der Waals surface area contributed by atoms with E-state index < -0.39 is 0 Å². The van der Waals surface area contributed by atoms with Crippen LogP contribution in [-0.2, 0) is 11.2 Å². The summed E-state index contributed by atoms with van der Waals surface area (Å²) in [5, 5.41) is 1.03. The van der Waals surface area contributed by atoms with Crippen molar-refractivity contribution >= 4 is 51.8 Å². The van der Waals surface area contributed by atoms with Gasteiger partial charge in [-0.05, 0) is 36.8 Å². The first-order valence-corrected chi connectivity index (χ1v) is 11.4. The minimum Gasteiger partial charge on any atom is -0.441 e. The molecule has 0 bridgehead atoms. The average Bonchev–Trinajstić information content (AvgIpc) is 3.21. The van der Waals surface area contributed by atoms with Crippen LogP contribution >= 0.6 is 23.2 Å². The maximum atomic E-state index is 13.2. The highest BCUT2D eigenvalue weighted by Crippen LogP contribution is 2.32. The summed E-state index contributed by atoms with van der Waals surface area (Å²) in [5.41, 5.74) is 2.28. The molecule has 3 heterocycles. The molecule has 0 saturated heterocycles. The van der Waals surface area contributed by atoms with E-state index in [-0.39, 0.29) is 12.3 Å². The number of anilines is 2. The Bertz CT molecular complexity index is 1340. The molecule has 0 unspecified atom stereocenters. The fourth-order valence-electron chi connectivity index (χ4n) is 3.93. The number of hydrogen-bond acceptors (Lipinski definition) is 6. The predicted octanol–water partition coefficient (Wildman–Crippen LogP) is 5.40. The van der Waals surface area contributed by atoms with Gasteiger partial charge in [0.15, 0.2) is 23.3 Å². The van der Waals surface area contributed by atoms with Crippen molar-refractivity contribution in [2.24, 2.45) is 0 Å². The van der Waals surface area contributed by atoms with E-state index in [1.165, 1.54) is 0 Å². The van der Waals surface area contributed by atoms with Crippen molar-refractivity contribution in [3.63, 3.8) is 0 Å². The lowest BCUT2D eigenvalue weighted by atomic mass is 10.2. The fourth-order valence-corrected chi connectivity index (χ4v) is 4.43. The molecule has 2 aromatic heterocycles. The van der Waals surface area contributed by atoms with Gasteiger partial charge in [0.05, 0.1) is 22.3 Å². The maximum Gasteiger partial charge on any atom is 0.228 e. The second kappa shape index (κ2) is 9.00. The SMILES string of the molecule is CN1CCCN(C(=O)CCc2ncc(-c3ccc(Cl)cc3Cl)o2)c2nc3ccccc3nc21. The molecular weight excluding hydrogens is 461 g/mol. The number of rotatable bonds is 4. The highest BCUT2D eigenvalue weighted by Gasteiger charge is 2.27. The minimum atomic E-state index is -0.0413. The molecule has 33 heavy (non-hydrogen) atoms. The van der Waals surface area contributed by atoms with Gasteiger partial charge in [0, 0.05) is 43.6 Å². The van der Waals surface area contributed by atoms with Gasteiger partial charge in [-0.25, -0.2) is 15.0 Å². The number of carbonyl (C=O) groups is 1. The van der Waals surface area contributed by atoms with Gasteiger partial charge in [-0.15, -0.1) is 0 Å². The third-order valence-corrected chi connectivity index (χ3v) is 6.18. The topological polar surface area (TPSA) is 75.4 Å². The van der Waals surface area contributed by atoms with Crippen molar-refractivity contribution in [2.75, 3.05) is 29.9 Å². The first kappa shape index (κ1) is 21.7. The van der Waals surface area contributed by atoms with E-state index in [0.29, 0.717) is 46.0 Å². The average molecular weight is 482 g/mol. The van der Waals surface area contributed by atoms with Crippen LogP contribution in [0, 0.1) is 0 Å². The number of halogens is 2. The van der Waals surface area contributed by atoms with Crippen molar-refractivity contribution in [3.05, 3.63) is 64.6 Å². The molecule has 1 amide bonds. The Morgan fingerprint density at radius 2 is 1.82 bits per heavy atom. The van der Waals surface area contributed by atoms with Crippen LogP contribution in [0.5, 0.6) is 0 Å². The Kier molecular flexibility index (Phi) is 5.91. The Hall–Kier alpha value is -3.16. The Balaban J connectivity index is 1.36. The molecule has 5 rings (SSSR count). The van der Waals surface area contributed by atoms with Gasteiger partial charge in [0.2, 0.25) is 5.91 Å². The van der Waals surface area contributed by atoms with Gasteiger partial charge in [-0.2, -0.15) is 0 Å². The van der Waals surface area contributed by atoms with Gasteiger partial charge >= 0.3 is 0 Å². The second-order valence-corrected chi connectivity index (χ2v) is 8.77. The van der Waals surface area contributed by atoms with Crippen LogP contribution in [0.4, 0.5) is 11.6 Å². The number of nitrogens with zero attached hydrogens (tertiary/aromatic N) is 5. The molecule has 2 aromatic carbocycles. The lowest BCUT2D eigenvalue weighted by molar-refractivity contribution is -0.118. The number of aromatic nitrogens is 3. The van der Waals surface area contributed by atoms with Crippen LogP contribution in [0.2, 0.25) is 10.0 Å². The molecule has 0 radical (unpaired) electrons. The molecule has 168 valence electrons. The maximum absolute atomic E-state index is 13.2. The van der Waals surface area contributed by atoms with Crippen molar-refractivity contribution in [1.29, 1.82) is 0 Å². The van der Waals surface area contributed by atoms with Crippen molar-refractivity contribution in [1.82, 2.24) is 15.0 Å². The molecule has 0 fully saturated rings. The normalized spacial score (nSPS) is 13.8. The van der Waals surface area contributed by atoms with E-state index in [1.54, 1.807) is 29.3 Å². The van der Waals surface area contributed by atoms with Gasteiger partial charge < -0.3 is 9.32 Å². The van der Waals surface area contributed by atoms with E-state index in [9.17, 15) is 4.79 Å². The third-order valence-electron chi connectivity index (χ3n) is 5.63. The Morgan fingerprint density at radius 1 is 1.06 bits per heavy atom. The second-order valence-electron chi connectivity index (χ2n) is 7.92. The summed E-state index contributed by atoms with van der Waals surface area (Å²) in [6.45, 7) is 1.38. The van der Waals surface area contributed by atoms with E-state index in [1.807, 2.05) is 31.3 Å². The monoisotopic (exact) mass is 481 g/mol. The van der Waals surface area contributed by atoms with Gasteiger partial charge in [-0.1, -0.05) is 35.3 Å². The number of amides is 1. The smallest absolute Gasteiger partial charge is 0.228 e. The van der Waals surface area contributed by atoms with Crippen LogP contribution in [0.15, 0.2) is 53.1 Å². The third kappa shape index (κ3) is 4.38. The van der Waals surface area contributed by atoms with Crippen LogP contribution in [0.1, 0.15) is 18.7 Å². The Labute approximate surface area is 201 Å². The highest BCUT2D eigenvalue weighted by molar-refractivity contribution is 6.36. The van der Waals surface area contributed by atoms with Crippen molar-refractivity contribution in [2.45, 2.75) is 19.3 Å². The predicted molar refractivity (Wildman–Crippen MR) is 130 cm³/mol. The summed E-state index contributed by atoms with van der Waals surface area (Å²) < 4.78 is 5.85. The van der Waals surface area contributed by atoms with Crippen LogP contribution < -0.4 is 9.80 Å². The van der Waals surface area contributed by atoms with Crippen molar-refractivity contribution < 1.29 is 9.21 Å². The van der Waals surface area contributed by atoms with E-state index in [4.69, 9.17) is 37.6 Å². The van der Waals surface area contributed by atoms with Gasteiger partial charge in [0.1, 0.15) is 0 Å². The Morgan fingerprint density at radius 3 is 2.58 bits per heavy atom. The molecule has 4 aromatic rings. The zero-order valence-corrected chi connectivity index (χ0v) is 19.5. The van der Waals surface area contributed by atoms with Crippen molar-refractivity contribution in [3.8, 4) is 11.3 Å². The number of hydrogen-bond donors (Lipinski definition) is 0. The molecular formula is C24H21Cl2N5O2. The largest absolute Gasteiger partial charge is 0.441 e. The molecule has 0 N–H and O–H groups in total. The van der Waals surface area contributed by atoms with E-state index in [2.05, 4.69) is 9.88 Å². The molecule has 0 aliphatic carbocycles. The van der Waals surface area contributed by atoms with E-state index >= 15 is 0 Å².